The van der Waals surface area contributed by atoms with Crippen molar-refractivity contribution < 1.29 is 9.18 Å². The van der Waals surface area contributed by atoms with Crippen LogP contribution in [0.25, 0.3) is 0 Å². The fourth-order valence-electron chi connectivity index (χ4n) is 3.18. The van der Waals surface area contributed by atoms with Crippen molar-refractivity contribution in [2.24, 2.45) is 10.7 Å². The average molecular weight is 395 g/mol. The highest BCUT2D eigenvalue weighted by Gasteiger charge is 2.30. The highest BCUT2D eigenvalue weighted by atomic mass is 35.5. The van der Waals surface area contributed by atoms with E-state index in [0.29, 0.717) is 33.2 Å². The van der Waals surface area contributed by atoms with E-state index < -0.39 is 17.9 Å². The number of benzodiazepines with no additional fused rings is 1. The Bertz CT molecular complexity index is 1090. The molecule has 7 heteroatoms. The van der Waals surface area contributed by atoms with Gasteiger partial charge in [-0.05, 0) is 30.3 Å². The van der Waals surface area contributed by atoms with Crippen LogP contribution in [-0.4, -0.2) is 22.8 Å². The first kappa shape index (κ1) is 18.3. The van der Waals surface area contributed by atoms with Gasteiger partial charge in [-0.1, -0.05) is 41.9 Å². The molecule has 1 atom stereocenters. The molecule has 1 aliphatic heterocycles. The van der Waals surface area contributed by atoms with Crippen molar-refractivity contribution in [2.75, 3.05) is 4.90 Å². The number of nitrogens with zero attached hydrogens (tertiary/aromatic N) is 3. The largest absolute Gasteiger partial charge is 0.303 e. The third-order valence-corrected chi connectivity index (χ3v) is 4.70. The summed E-state index contributed by atoms with van der Waals surface area (Å²) in [5, 5.41) is 0.521. The second-order valence-corrected chi connectivity index (χ2v) is 6.75. The van der Waals surface area contributed by atoms with E-state index in [1.54, 1.807) is 54.7 Å². The number of carbonyl (C=O) groups excluding carboxylic acids is 1. The first-order chi connectivity index (χ1) is 13.5. The van der Waals surface area contributed by atoms with Crippen LogP contribution in [0.3, 0.4) is 0 Å². The molecule has 140 valence electrons. The van der Waals surface area contributed by atoms with Crippen molar-refractivity contribution >= 4 is 28.9 Å². The second kappa shape index (κ2) is 7.50. The van der Waals surface area contributed by atoms with E-state index >= 15 is 0 Å². The maximum absolute atomic E-state index is 14.5. The molecule has 1 aromatic heterocycles. The van der Waals surface area contributed by atoms with Crippen LogP contribution in [0.5, 0.6) is 0 Å². The summed E-state index contributed by atoms with van der Waals surface area (Å²) in [4.78, 5) is 23.1. The number of fused-ring (bicyclic) bond motifs is 1. The molecule has 2 N–H and O–H groups in total. The Hall–Kier alpha value is -3.09. The lowest BCUT2D eigenvalue weighted by Crippen LogP contribution is -2.42. The van der Waals surface area contributed by atoms with Crippen LogP contribution in [-0.2, 0) is 11.3 Å². The van der Waals surface area contributed by atoms with Gasteiger partial charge in [-0.25, -0.2) is 4.39 Å². The Morgan fingerprint density at radius 3 is 2.54 bits per heavy atom. The highest BCUT2D eigenvalue weighted by Crippen LogP contribution is 2.29. The third-order valence-electron chi connectivity index (χ3n) is 4.46. The summed E-state index contributed by atoms with van der Waals surface area (Å²) in [6.45, 7) is 0.171. The SMILES string of the molecule is NC1N=C(c2ccccc2F)c2ccccc2N(Cc2cc(Cl)ccn2)C1=O. The van der Waals surface area contributed by atoms with E-state index in [-0.39, 0.29) is 6.54 Å². The van der Waals surface area contributed by atoms with E-state index in [9.17, 15) is 9.18 Å². The number of amides is 1. The van der Waals surface area contributed by atoms with Gasteiger partial charge in [0.15, 0.2) is 6.17 Å². The van der Waals surface area contributed by atoms with Crippen LogP contribution in [0.4, 0.5) is 10.1 Å². The maximum Gasteiger partial charge on any atom is 0.266 e. The van der Waals surface area contributed by atoms with Gasteiger partial charge in [0.25, 0.3) is 5.91 Å². The van der Waals surface area contributed by atoms with Crippen LogP contribution in [0, 0.1) is 5.82 Å². The molecular weight excluding hydrogens is 379 g/mol. The summed E-state index contributed by atoms with van der Waals surface area (Å²) >= 11 is 6.05. The number of nitrogens with two attached hydrogens (primary N) is 1. The fraction of sp³-hybridized carbons (Fsp3) is 0.0952. The third kappa shape index (κ3) is 3.40. The lowest BCUT2D eigenvalue weighted by atomic mass is 9.99. The number of carbonyl (C=O) groups is 1. The van der Waals surface area contributed by atoms with Crippen molar-refractivity contribution in [3.05, 3.63) is 94.5 Å². The summed E-state index contributed by atoms with van der Waals surface area (Å²) < 4.78 is 14.5. The monoisotopic (exact) mass is 394 g/mol. The summed E-state index contributed by atoms with van der Waals surface area (Å²) in [5.74, 6) is -0.832. The number of halogens is 2. The molecule has 4 rings (SSSR count). The van der Waals surface area contributed by atoms with Gasteiger partial charge in [0.2, 0.25) is 0 Å². The van der Waals surface area contributed by atoms with Crippen molar-refractivity contribution in [3.8, 4) is 0 Å². The van der Waals surface area contributed by atoms with Gasteiger partial charge in [-0.15, -0.1) is 0 Å². The molecule has 1 amide bonds. The van der Waals surface area contributed by atoms with E-state index in [1.165, 1.54) is 11.0 Å². The molecule has 0 saturated carbocycles. The molecule has 1 aliphatic rings. The van der Waals surface area contributed by atoms with Crippen LogP contribution < -0.4 is 10.6 Å². The van der Waals surface area contributed by atoms with Crippen molar-refractivity contribution in [2.45, 2.75) is 12.7 Å². The van der Waals surface area contributed by atoms with E-state index in [1.807, 2.05) is 6.07 Å². The number of rotatable bonds is 3. The number of para-hydroxylation sites is 1. The predicted octanol–water partition coefficient (Wildman–Crippen LogP) is 3.54. The van der Waals surface area contributed by atoms with Gasteiger partial charge >= 0.3 is 0 Å². The normalized spacial score (nSPS) is 16.4. The van der Waals surface area contributed by atoms with Crippen molar-refractivity contribution in [3.63, 3.8) is 0 Å². The molecule has 1 unspecified atom stereocenters. The Morgan fingerprint density at radius 2 is 1.79 bits per heavy atom. The van der Waals surface area contributed by atoms with Gasteiger partial charge in [-0.2, -0.15) is 0 Å². The minimum Gasteiger partial charge on any atom is -0.303 e. The topological polar surface area (TPSA) is 71.6 Å². The molecule has 0 radical (unpaired) electrons. The zero-order valence-corrected chi connectivity index (χ0v) is 15.5. The van der Waals surface area contributed by atoms with Crippen molar-refractivity contribution in [1.29, 1.82) is 0 Å². The fourth-order valence-corrected chi connectivity index (χ4v) is 3.36. The highest BCUT2D eigenvalue weighted by molar-refractivity contribution is 6.30. The Kier molecular flexibility index (Phi) is 4.90. The van der Waals surface area contributed by atoms with Crippen LogP contribution in [0.1, 0.15) is 16.8 Å². The van der Waals surface area contributed by atoms with Gasteiger partial charge in [0.05, 0.1) is 23.6 Å². The Balaban J connectivity index is 1.85. The minimum absolute atomic E-state index is 0.171. The Labute approximate surface area is 166 Å². The van der Waals surface area contributed by atoms with E-state index in [0.717, 1.165) is 0 Å². The number of aromatic nitrogens is 1. The number of hydrogen-bond acceptors (Lipinski definition) is 4. The van der Waals surface area contributed by atoms with Crippen LogP contribution in [0.15, 0.2) is 71.9 Å². The molecule has 0 spiro atoms. The Morgan fingerprint density at radius 1 is 1.07 bits per heavy atom. The molecular formula is C21H16ClFN4O. The van der Waals surface area contributed by atoms with E-state index in [4.69, 9.17) is 17.3 Å². The lowest BCUT2D eigenvalue weighted by Gasteiger charge is -2.24. The smallest absolute Gasteiger partial charge is 0.266 e. The quantitative estimate of drug-likeness (QED) is 0.738. The predicted molar refractivity (Wildman–Crippen MR) is 107 cm³/mol. The number of benzene rings is 2. The first-order valence-electron chi connectivity index (χ1n) is 8.64. The van der Waals surface area contributed by atoms with Crippen molar-refractivity contribution in [1.82, 2.24) is 4.98 Å². The lowest BCUT2D eigenvalue weighted by molar-refractivity contribution is -0.119. The first-order valence-corrected chi connectivity index (χ1v) is 9.02. The minimum atomic E-state index is -1.17. The zero-order valence-electron chi connectivity index (χ0n) is 14.7. The number of anilines is 1. The maximum atomic E-state index is 14.5. The summed E-state index contributed by atoms with van der Waals surface area (Å²) in [7, 11) is 0. The van der Waals surface area contributed by atoms with Gasteiger partial charge in [0.1, 0.15) is 5.82 Å². The number of pyridine rings is 1. The van der Waals surface area contributed by atoms with Gasteiger partial charge in [0, 0.05) is 22.3 Å². The van der Waals surface area contributed by atoms with Crippen LogP contribution >= 0.6 is 11.6 Å². The van der Waals surface area contributed by atoms with Gasteiger partial charge in [-0.3, -0.25) is 14.8 Å². The molecule has 0 fully saturated rings. The molecule has 0 aliphatic carbocycles. The number of aliphatic imine (C=N–C) groups is 1. The van der Waals surface area contributed by atoms with Crippen LogP contribution in [0.2, 0.25) is 5.02 Å². The molecule has 28 heavy (non-hydrogen) atoms. The molecule has 3 aromatic rings. The summed E-state index contributed by atoms with van der Waals surface area (Å²) in [5.41, 5.74) is 8.51. The molecule has 5 nitrogen and oxygen atoms in total. The average Bonchev–Trinajstić information content (AvgIpc) is 2.79. The zero-order chi connectivity index (χ0) is 19.7. The second-order valence-electron chi connectivity index (χ2n) is 6.31. The van der Waals surface area contributed by atoms with Gasteiger partial charge < -0.3 is 10.6 Å². The molecule has 2 heterocycles. The molecule has 0 bridgehead atoms. The summed E-state index contributed by atoms with van der Waals surface area (Å²) in [6.07, 6.45) is 0.411. The van der Waals surface area contributed by atoms with E-state index in [2.05, 4.69) is 9.98 Å². The summed E-state index contributed by atoms with van der Waals surface area (Å²) in [6, 6.07) is 16.8. The number of hydrogen-bond donors (Lipinski definition) is 1. The standard InChI is InChI=1S/C21H16ClFN4O/c22-13-9-10-25-14(11-13)12-27-18-8-4-2-6-16(18)19(26-20(24)21(27)28)15-5-1-3-7-17(15)23/h1-11,20H,12,24H2. The molecule has 2 aromatic carbocycles. The molecule has 0 saturated heterocycles.